The highest BCUT2D eigenvalue weighted by Gasteiger charge is 2.23. The number of phenols is 2. The number of rotatable bonds is 7. The summed E-state index contributed by atoms with van der Waals surface area (Å²) >= 11 is 0. The molecule has 0 spiro atoms. The molecule has 4 nitrogen and oxygen atoms in total. The average Bonchev–Trinajstić information content (AvgIpc) is 2.59. The largest absolute Gasteiger partial charge is 0.508 e. The fourth-order valence-electron chi connectivity index (χ4n) is 3.40. The molecule has 2 unspecified atom stereocenters. The molecule has 4 heteroatoms. The predicted molar refractivity (Wildman–Crippen MR) is 94.1 cm³/mol. The first-order valence-electron chi connectivity index (χ1n) is 8.40. The molecule has 4 N–H and O–H groups in total. The van der Waals surface area contributed by atoms with Crippen molar-refractivity contribution in [2.75, 3.05) is 0 Å². The Labute approximate surface area is 143 Å². The number of hydrogen-bond donors (Lipinski definition) is 4. The van der Waals surface area contributed by atoms with Gasteiger partial charge >= 0.3 is 0 Å². The van der Waals surface area contributed by atoms with Gasteiger partial charge in [-0.15, -0.1) is 0 Å². The maximum absolute atomic E-state index is 10.0. The molecular formula is C20H26O4. The van der Waals surface area contributed by atoms with Gasteiger partial charge in [0, 0.05) is 11.1 Å². The van der Waals surface area contributed by atoms with Gasteiger partial charge in [0.15, 0.2) is 0 Å². The summed E-state index contributed by atoms with van der Waals surface area (Å²) in [7, 11) is 0. The van der Waals surface area contributed by atoms with Crippen LogP contribution < -0.4 is 0 Å². The summed E-state index contributed by atoms with van der Waals surface area (Å²) in [6, 6.07) is 10.9. The third-order valence-electron chi connectivity index (χ3n) is 4.78. The van der Waals surface area contributed by atoms with Gasteiger partial charge in [-0.2, -0.15) is 0 Å². The first-order valence-corrected chi connectivity index (χ1v) is 8.40. The topological polar surface area (TPSA) is 80.9 Å². The van der Waals surface area contributed by atoms with Gasteiger partial charge in [0.05, 0.1) is 13.2 Å². The fourth-order valence-corrected chi connectivity index (χ4v) is 3.40. The molecular weight excluding hydrogens is 304 g/mol. The van der Waals surface area contributed by atoms with Crippen LogP contribution >= 0.6 is 0 Å². The minimum Gasteiger partial charge on any atom is -0.508 e. The summed E-state index contributed by atoms with van der Waals surface area (Å²) in [6.07, 6.45) is 1.78. The molecule has 0 heterocycles. The molecule has 0 saturated heterocycles. The third kappa shape index (κ3) is 3.71. The molecule has 0 aliphatic rings. The minimum atomic E-state index is -0.184. The van der Waals surface area contributed by atoms with E-state index < -0.39 is 0 Å². The summed E-state index contributed by atoms with van der Waals surface area (Å²) in [6.45, 7) is 3.84. The van der Waals surface area contributed by atoms with Crippen molar-refractivity contribution in [3.63, 3.8) is 0 Å². The van der Waals surface area contributed by atoms with Crippen LogP contribution in [0.2, 0.25) is 0 Å². The molecule has 0 radical (unpaired) electrons. The molecule has 2 rings (SSSR count). The molecule has 2 atom stereocenters. The first kappa shape index (κ1) is 18.3. The van der Waals surface area contributed by atoms with Crippen molar-refractivity contribution in [2.24, 2.45) is 0 Å². The van der Waals surface area contributed by atoms with Crippen LogP contribution in [0.1, 0.15) is 60.8 Å². The van der Waals surface area contributed by atoms with E-state index >= 15 is 0 Å². The van der Waals surface area contributed by atoms with Crippen LogP contribution in [0.3, 0.4) is 0 Å². The van der Waals surface area contributed by atoms with Gasteiger partial charge in [-0.3, -0.25) is 0 Å². The highest BCUT2D eigenvalue weighted by molar-refractivity contribution is 5.41. The summed E-state index contributed by atoms with van der Waals surface area (Å²) in [5.74, 6) is 0.601. The van der Waals surface area contributed by atoms with Crippen molar-refractivity contribution >= 4 is 0 Å². The van der Waals surface area contributed by atoms with Gasteiger partial charge in [-0.25, -0.2) is 0 Å². The number of benzene rings is 2. The average molecular weight is 330 g/mol. The molecule has 0 aliphatic carbocycles. The van der Waals surface area contributed by atoms with Crippen LogP contribution in [0.5, 0.6) is 11.5 Å². The van der Waals surface area contributed by atoms with E-state index in [9.17, 15) is 20.4 Å². The molecule has 0 aromatic heterocycles. The lowest BCUT2D eigenvalue weighted by atomic mass is 9.78. The molecule has 0 saturated carbocycles. The van der Waals surface area contributed by atoms with Crippen molar-refractivity contribution in [3.8, 4) is 11.5 Å². The van der Waals surface area contributed by atoms with Gasteiger partial charge in [0.2, 0.25) is 0 Å². The van der Waals surface area contributed by atoms with Crippen molar-refractivity contribution in [1.29, 1.82) is 0 Å². The standard InChI is InChI=1S/C20H26O4/c1-3-17(13-5-7-15(11-21)19(23)9-13)18(4-2)14-6-8-16(12-22)20(24)10-14/h5-10,17-18,21-24H,3-4,11-12H2,1-2H3. The SMILES string of the molecule is CCC(c1ccc(CO)c(O)c1)C(CC)c1ccc(CO)c(O)c1. The molecule has 2 aromatic carbocycles. The second-order valence-corrected chi connectivity index (χ2v) is 6.12. The molecule has 0 fully saturated rings. The third-order valence-corrected chi connectivity index (χ3v) is 4.78. The predicted octanol–water partition coefficient (Wildman–Crippen LogP) is 3.77. The van der Waals surface area contributed by atoms with E-state index in [4.69, 9.17) is 0 Å². The second kappa shape index (κ2) is 8.18. The van der Waals surface area contributed by atoms with Gasteiger partial charge in [0.1, 0.15) is 11.5 Å². The smallest absolute Gasteiger partial charge is 0.121 e. The second-order valence-electron chi connectivity index (χ2n) is 6.12. The number of hydrogen-bond acceptors (Lipinski definition) is 4. The fraction of sp³-hybridized carbons (Fsp3) is 0.400. The van der Waals surface area contributed by atoms with Gasteiger partial charge < -0.3 is 20.4 Å². The molecule has 0 bridgehead atoms. The van der Waals surface area contributed by atoms with Crippen molar-refractivity contribution in [2.45, 2.75) is 51.7 Å². The Morgan fingerprint density at radius 2 is 1.08 bits per heavy atom. The zero-order valence-corrected chi connectivity index (χ0v) is 14.2. The lowest BCUT2D eigenvalue weighted by Gasteiger charge is -2.27. The van der Waals surface area contributed by atoms with E-state index in [1.165, 1.54) is 0 Å². The summed E-state index contributed by atoms with van der Waals surface area (Å²) in [5.41, 5.74) is 3.08. The van der Waals surface area contributed by atoms with E-state index in [0.717, 1.165) is 24.0 Å². The van der Waals surface area contributed by atoms with E-state index in [-0.39, 0.29) is 36.5 Å². The van der Waals surface area contributed by atoms with Gasteiger partial charge in [-0.1, -0.05) is 38.1 Å². The van der Waals surface area contributed by atoms with Crippen LogP contribution in [-0.2, 0) is 13.2 Å². The van der Waals surface area contributed by atoms with Crippen LogP contribution in [-0.4, -0.2) is 20.4 Å². The van der Waals surface area contributed by atoms with Crippen LogP contribution in [0.25, 0.3) is 0 Å². The maximum atomic E-state index is 10.0. The van der Waals surface area contributed by atoms with Gasteiger partial charge in [0.25, 0.3) is 0 Å². The Hall–Kier alpha value is -2.04. The number of aromatic hydroxyl groups is 2. The molecule has 0 amide bonds. The summed E-state index contributed by atoms with van der Waals surface area (Å²) < 4.78 is 0. The van der Waals surface area contributed by atoms with Crippen molar-refractivity contribution in [3.05, 3.63) is 58.7 Å². The zero-order valence-electron chi connectivity index (χ0n) is 14.2. The van der Waals surface area contributed by atoms with Crippen LogP contribution in [0.4, 0.5) is 0 Å². The molecule has 0 aliphatic heterocycles. The lowest BCUT2D eigenvalue weighted by Crippen LogP contribution is -2.11. The molecule has 130 valence electrons. The van der Waals surface area contributed by atoms with E-state index in [1.54, 1.807) is 24.3 Å². The lowest BCUT2D eigenvalue weighted by molar-refractivity contribution is 0.275. The highest BCUT2D eigenvalue weighted by Crippen LogP contribution is 2.40. The van der Waals surface area contributed by atoms with Crippen LogP contribution in [0.15, 0.2) is 36.4 Å². The molecule has 2 aromatic rings. The Morgan fingerprint density at radius 3 is 1.33 bits per heavy atom. The summed E-state index contributed by atoms with van der Waals surface area (Å²) in [5, 5.41) is 38.5. The number of aliphatic hydroxyl groups excluding tert-OH is 2. The Kier molecular flexibility index (Phi) is 6.23. The monoisotopic (exact) mass is 330 g/mol. The quantitative estimate of drug-likeness (QED) is 0.623. The summed E-state index contributed by atoms with van der Waals surface area (Å²) in [4.78, 5) is 0. The minimum absolute atomic E-state index is 0.113. The van der Waals surface area contributed by atoms with E-state index in [1.807, 2.05) is 12.1 Å². The van der Waals surface area contributed by atoms with Crippen molar-refractivity contribution < 1.29 is 20.4 Å². The highest BCUT2D eigenvalue weighted by atomic mass is 16.3. The van der Waals surface area contributed by atoms with Crippen LogP contribution in [0, 0.1) is 0 Å². The van der Waals surface area contributed by atoms with E-state index in [2.05, 4.69) is 13.8 Å². The Morgan fingerprint density at radius 1 is 0.708 bits per heavy atom. The van der Waals surface area contributed by atoms with E-state index in [0.29, 0.717) is 11.1 Å². The Bertz CT molecular complexity index is 622. The van der Waals surface area contributed by atoms with Gasteiger partial charge in [-0.05, 0) is 47.9 Å². The molecule has 24 heavy (non-hydrogen) atoms. The Balaban J connectivity index is 2.39. The zero-order chi connectivity index (χ0) is 17.7. The maximum Gasteiger partial charge on any atom is 0.121 e. The first-order chi connectivity index (χ1) is 11.5. The number of aliphatic hydroxyl groups is 2. The normalized spacial score (nSPS) is 13.7. The van der Waals surface area contributed by atoms with Crippen molar-refractivity contribution in [1.82, 2.24) is 0 Å².